The summed E-state index contributed by atoms with van der Waals surface area (Å²) < 4.78 is 1.72. The van der Waals surface area contributed by atoms with Crippen LogP contribution >= 0.6 is 11.8 Å². The molecule has 4 nitrogen and oxygen atoms in total. The Bertz CT molecular complexity index is 526. The molecule has 0 saturated heterocycles. The van der Waals surface area contributed by atoms with Crippen LogP contribution in [0.4, 0.5) is 0 Å². The summed E-state index contributed by atoms with van der Waals surface area (Å²) in [7, 11) is 1.88. The molecular formula is C13H16N4S. The first-order valence-corrected chi connectivity index (χ1v) is 6.95. The Labute approximate surface area is 111 Å². The van der Waals surface area contributed by atoms with Crippen molar-refractivity contribution in [1.82, 2.24) is 15.0 Å². The first-order chi connectivity index (χ1) is 8.72. The van der Waals surface area contributed by atoms with E-state index in [1.165, 1.54) is 10.5 Å². The van der Waals surface area contributed by atoms with Crippen LogP contribution in [0.5, 0.6) is 0 Å². The smallest absolute Gasteiger partial charge is 0.0842 e. The Morgan fingerprint density at radius 3 is 3.06 bits per heavy atom. The van der Waals surface area contributed by atoms with Crippen molar-refractivity contribution in [3.63, 3.8) is 0 Å². The van der Waals surface area contributed by atoms with Gasteiger partial charge in [-0.05, 0) is 18.1 Å². The molecule has 2 N–H and O–H groups in total. The number of hydrogen-bond acceptors (Lipinski definition) is 4. The van der Waals surface area contributed by atoms with E-state index >= 15 is 0 Å². The summed E-state index contributed by atoms with van der Waals surface area (Å²) in [5, 5.41) is 8.49. The standard InChI is InChI=1S/C13H16N4S/c1-17-8-10(15-16-17)7-11(14)13-6-9-4-2-3-5-12(9)18-13/h2-5,8,11,13H,6-7,14H2,1H3. The lowest BCUT2D eigenvalue weighted by molar-refractivity contribution is 0.622. The molecule has 0 spiro atoms. The van der Waals surface area contributed by atoms with E-state index in [1.807, 2.05) is 25.0 Å². The van der Waals surface area contributed by atoms with Crippen molar-refractivity contribution in [3.8, 4) is 0 Å². The lowest BCUT2D eigenvalue weighted by atomic mass is 10.0. The number of nitrogens with zero attached hydrogens (tertiary/aromatic N) is 3. The largest absolute Gasteiger partial charge is 0.326 e. The number of nitrogens with two attached hydrogens (primary N) is 1. The Hall–Kier alpha value is -1.33. The van der Waals surface area contributed by atoms with Gasteiger partial charge in [-0.3, -0.25) is 4.68 Å². The van der Waals surface area contributed by atoms with Crippen LogP contribution in [0.15, 0.2) is 35.4 Å². The Kier molecular flexibility index (Phi) is 3.09. The van der Waals surface area contributed by atoms with Gasteiger partial charge in [0.1, 0.15) is 0 Å². The SMILES string of the molecule is Cn1cc(CC(N)C2Cc3ccccc3S2)nn1. The van der Waals surface area contributed by atoms with E-state index < -0.39 is 0 Å². The van der Waals surface area contributed by atoms with Crippen molar-refractivity contribution in [3.05, 3.63) is 41.7 Å². The maximum Gasteiger partial charge on any atom is 0.0842 e. The van der Waals surface area contributed by atoms with E-state index in [4.69, 9.17) is 5.73 Å². The average Bonchev–Trinajstić information content (AvgIpc) is 2.95. The van der Waals surface area contributed by atoms with Gasteiger partial charge in [0.2, 0.25) is 0 Å². The zero-order valence-corrected chi connectivity index (χ0v) is 11.1. The van der Waals surface area contributed by atoms with Crippen LogP contribution in [-0.4, -0.2) is 26.3 Å². The fraction of sp³-hybridized carbons (Fsp3) is 0.385. The minimum absolute atomic E-state index is 0.124. The number of thioether (sulfide) groups is 1. The number of aryl methyl sites for hydroxylation is 1. The van der Waals surface area contributed by atoms with Crippen molar-refractivity contribution in [2.24, 2.45) is 12.8 Å². The van der Waals surface area contributed by atoms with Gasteiger partial charge in [-0.2, -0.15) is 0 Å². The van der Waals surface area contributed by atoms with Crippen LogP contribution in [-0.2, 0) is 19.9 Å². The zero-order valence-electron chi connectivity index (χ0n) is 10.3. The van der Waals surface area contributed by atoms with Crippen LogP contribution in [0.1, 0.15) is 11.3 Å². The normalized spacial score (nSPS) is 19.8. The van der Waals surface area contributed by atoms with Gasteiger partial charge in [-0.15, -0.1) is 16.9 Å². The summed E-state index contributed by atoms with van der Waals surface area (Å²) in [5.74, 6) is 0. The van der Waals surface area contributed by atoms with Gasteiger partial charge in [0.05, 0.1) is 5.69 Å². The van der Waals surface area contributed by atoms with Crippen molar-refractivity contribution >= 4 is 11.8 Å². The quantitative estimate of drug-likeness (QED) is 0.906. The maximum absolute atomic E-state index is 6.30. The van der Waals surface area contributed by atoms with E-state index in [0.717, 1.165) is 18.5 Å². The van der Waals surface area contributed by atoms with Crippen molar-refractivity contribution in [2.45, 2.75) is 29.0 Å². The molecule has 2 atom stereocenters. The van der Waals surface area contributed by atoms with E-state index in [0.29, 0.717) is 5.25 Å². The molecule has 3 rings (SSSR count). The summed E-state index contributed by atoms with van der Waals surface area (Å²) in [5.41, 5.74) is 8.69. The number of fused-ring (bicyclic) bond motifs is 1. The number of hydrogen-bond donors (Lipinski definition) is 1. The Morgan fingerprint density at radius 2 is 2.33 bits per heavy atom. The fourth-order valence-corrected chi connectivity index (χ4v) is 3.63. The molecule has 0 amide bonds. The molecule has 1 aromatic heterocycles. The molecule has 2 heterocycles. The van der Waals surface area contributed by atoms with Crippen LogP contribution in [0.25, 0.3) is 0 Å². The highest BCUT2D eigenvalue weighted by Crippen LogP contribution is 2.38. The predicted octanol–water partition coefficient (Wildman–Crippen LogP) is 1.40. The molecule has 94 valence electrons. The molecular weight excluding hydrogens is 244 g/mol. The molecule has 0 saturated carbocycles. The molecule has 2 unspecified atom stereocenters. The second kappa shape index (κ2) is 4.74. The molecule has 0 bridgehead atoms. The Balaban J connectivity index is 1.67. The van der Waals surface area contributed by atoms with Crippen LogP contribution in [0.2, 0.25) is 0 Å². The van der Waals surface area contributed by atoms with Crippen molar-refractivity contribution in [1.29, 1.82) is 0 Å². The zero-order chi connectivity index (χ0) is 12.5. The first-order valence-electron chi connectivity index (χ1n) is 6.08. The average molecular weight is 260 g/mol. The van der Waals surface area contributed by atoms with Gasteiger partial charge < -0.3 is 5.73 Å². The molecule has 1 aromatic carbocycles. The lowest BCUT2D eigenvalue weighted by Crippen LogP contribution is -2.34. The van der Waals surface area contributed by atoms with Gasteiger partial charge in [-0.25, -0.2) is 0 Å². The predicted molar refractivity (Wildman–Crippen MR) is 72.5 cm³/mol. The molecule has 0 radical (unpaired) electrons. The summed E-state index contributed by atoms with van der Waals surface area (Å²) in [6.45, 7) is 0. The third kappa shape index (κ3) is 2.28. The van der Waals surface area contributed by atoms with Crippen LogP contribution < -0.4 is 5.73 Å². The highest BCUT2D eigenvalue weighted by molar-refractivity contribution is 8.00. The maximum atomic E-state index is 6.30. The molecule has 5 heteroatoms. The van der Waals surface area contributed by atoms with Gasteiger partial charge in [0.25, 0.3) is 0 Å². The lowest BCUT2D eigenvalue weighted by Gasteiger charge is -2.16. The minimum atomic E-state index is 0.124. The van der Waals surface area contributed by atoms with Gasteiger partial charge in [-0.1, -0.05) is 23.4 Å². The summed E-state index contributed by atoms with van der Waals surface area (Å²) in [4.78, 5) is 1.37. The molecule has 0 aliphatic carbocycles. The van der Waals surface area contributed by atoms with E-state index in [2.05, 4.69) is 34.6 Å². The van der Waals surface area contributed by atoms with Gasteiger partial charge >= 0.3 is 0 Å². The number of aromatic nitrogens is 3. The Morgan fingerprint density at radius 1 is 1.50 bits per heavy atom. The van der Waals surface area contributed by atoms with E-state index in [1.54, 1.807) is 4.68 Å². The second-order valence-corrected chi connectivity index (χ2v) is 6.00. The number of rotatable bonds is 3. The first kappa shape index (κ1) is 11.7. The molecule has 1 aliphatic rings. The summed E-state index contributed by atoms with van der Waals surface area (Å²) in [6, 6.07) is 8.67. The third-order valence-corrected chi connectivity index (χ3v) is 4.72. The van der Waals surface area contributed by atoms with Crippen LogP contribution in [0, 0.1) is 0 Å². The summed E-state index contributed by atoms with van der Waals surface area (Å²) >= 11 is 1.89. The topological polar surface area (TPSA) is 56.7 Å². The van der Waals surface area contributed by atoms with Crippen LogP contribution in [0.3, 0.4) is 0 Å². The summed E-state index contributed by atoms with van der Waals surface area (Å²) in [6.07, 6.45) is 3.79. The highest BCUT2D eigenvalue weighted by Gasteiger charge is 2.27. The van der Waals surface area contributed by atoms with Crippen molar-refractivity contribution < 1.29 is 0 Å². The molecule has 18 heavy (non-hydrogen) atoms. The molecule has 2 aromatic rings. The van der Waals surface area contributed by atoms with Gasteiger partial charge in [0, 0.05) is 35.9 Å². The van der Waals surface area contributed by atoms with Gasteiger partial charge in [0.15, 0.2) is 0 Å². The van der Waals surface area contributed by atoms with E-state index in [9.17, 15) is 0 Å². The molecule has 1 aliphatic heterocycles. The van der Waals surface area contributed by atoms with Crippen molar-refractivity contribution in [2.75, 3.05) is 0 Å². The third-order valence-electron chi connectivity index (χ3n) is 3.24. The second-order valence-electron chi connectivity index (χ2n) is 4.72. The van der Waals surface area contributed by atoms with E-state index in [-0.39, 0.29) is 6.04 Å². The highest BCUT2D eigenvalue weighted by atomic mass is 32.2. The number of benzene rings is 1. The monoisotopic (exact) mass is 260 g/mol. The minimum Gasteiger partial charge on any atom is -0.326 e. The molecule has 0 fully saturated rings. The fourth-order valence-electron chi connectivity index (χ4n) is 2.31.